The SMILES string of the molecule is CC(C)N(C)Cc1ccc(F)cc1/C=C/C(=O)O. The van der Waals surface area contributed by atoms with Crippen LogP contribution in [0.2, 0.25) is 0 Å². The Hall–Kier alpha value is -1.68. The van der Waals surface area contributed by atoms with E-state index in [-0.39, 0.29) is 5.82 Å². The minimum Gasteiger partial charge on any atom is -0.478 e. The quantitative estimate of drug-likeness (QED) is 0.818. The minimum atomic E-state index is -1.04. The van der Waals surface area contributed by atoms with Crippen LogP contribution in [0.1, 0.15) is 25.0 Å². The molecule has 0 atom stereocenters. The average Bonchev–Trinajstić information content (AvgIpc) is 2.29. The van der Waals surface area contributed by atoms with E-state index in [0.717, 1.165) is 11.6 Å². The first-order valence-electron chi connectivity index (χ1n) is 5.80. The first kappa shape index (κ1) is 14.4. The minimum absolute atomic E-state index is 0.365. The number of benzene rings is 1. The van der Waals surface area contributed by atoms with Crippen molar-refractivity contribution in [3.63, 3.8) is 0 Å². The Labute approximate surface area is 107 Å². The number of carbonyl (C=O) groups is 1. The molecule has 0 saturated heterocycles. The maximum Gasteiger partial charge on any atom is 0.328 e. The van der Waals surface area contributed by atoms with Crippen LogP contribution in [0.25, 0.3) is 6.08 Å². The standard InChI is InChI=1S/C14H18FNO2/c1-10(2)16(3)9-12-4-6-13(15)8-11(12)5-7-14(17)18/h4-8,10H,9H2,1-3H3,(H,17,18)/b7-5+. The summed E-state index contributed by atoms with van der Waals surface area (Å²) in [7, 11) is 1.97. The van der Waals surface area contributed by atoms with E-state index in [9.17, 15) is 9.18 Å². The molecule has 98 valence electrons. The van der Waals surface area contributed by atoms with E-state index in [0.29, 0.717) is 18.2 Å². The number of hydrogen-bond acceptors (Lipinski definition) is 2. The molecule has 1 rings (SSSR count). The molecule has 0 aliphatic rings. The molecule has 0 saturated carbocycles. The van der Waals surface area contributed by atoms with Crippen LogP contribution in [-0.2, 0) is 11.3 Å². The fourth-order valence-corrected chi connectivity index (χ4v) is 1.48. The fraction of sp³-hybridized carbons (Fsp3) is 0.357. The number of carboxylic acid groups (broad SMARTS) is 1. The normalized spacial score (nSPS) is 11.7. The molecule has 18 heavy (non-hydrogen) atoms. The molecular weight excluding hydrogens is 233 g/mol. The van der Waals surface area contributed by atoms with Crippen molar-refractivity contribution in [2.24, 2.45) is 0 Å². The molecule has 0 fully saturated rings. The number of carboxylic acids is 1. The predicted molar refractivity (Wildman–Crippen MR) is 69.7 cm³/mol. The summed E-state index contributed by atoms with van der Waals surface area (Å²) < 4.78 is 13.2. The van der Waals surface area contributed by atoms with Gasteiger partial charge in [0.2, 0.25) is 0 Å². The first-order valence-corrected chi connectivity index (χ1v) is 5.80. The van der Waals surface area contributed by atoms with Gasteiger partial charge < -0.3 is 5.11 Å². The van der Waals surface area contributed by atoms with Crippen LogP contribution < -0.4 is 0 Å². The van der Waals surface area contributed by atoms with Gasteiger partial charge in [-0.1, -0.05) is 6.07 Å². The molecule has 4 heteroatoms. The molecule has 1 N–H and O–H groups in total. The number of rotatable bonds is 5. The summed E-state index contributed by atoms with van der Waals surface area (Å²) in [6.07, 6.45) is 2.45. The molecule has 0 heterocycles. The fourth-order valence-electron chi connectivity index (χ4n) is 1.48. The largest absolute Gasteiger partial charge is 0.478 e. The topological polar surface area (TPSA) is 40.5 Å². The second-order valence-corrected chi connectivity index (χ2v) is 4.52. The molecule has 0 radical (unpaired) electrons. The Morgan fingerprint density at radius 2 is 2.17 bits per heavy atom. The highest BCUT2D eigenvalue weighted by Crippen LogP contribution is 2.16. The monoisotopic (exact) mass is 251 g/mol. The van der Waals surface area contributed by atoms with Crippen molar-refractivity contribution in [1.29, 1.82) is 0 Å². The summed E-state index contributed by atoms with van der Waals surface area (Å²) in [6, 6.07) is 4.80. The lowest BCUT2D eigenvalue weighted by atomic mass is 10.1. The van der Waals surface area contributed by atoms with Gasteiger partial charge in [0.05, 0.1) is 0 Å². The first-order chi connectivity index (χ1) is 8.40. The van der Waals surface area contributed by atoms with Crippen LogP contribution in [-0.4, -0.2) is 29.1 Å². The van der Waals surface area contributed by atoms with Crippen LogP contribution in [0.3, 0.4) is 0 Å². The highest BCUT2D eigenvalue weighted by Gasteiger charge is 2.08. The summed E-state index contributed by atoms with van der Waals surface area (Å²) >= 11 is 0. The lowest BCUT2D eigenvalue weighted by Gasteiger charge is -2.22. The maximum atomic E-state index is 13.2. The van der Waals surface area contributed by atoms with Crippen molar-refractivity contribution in [1.82, 2.24) is 4.90 Å². The molecule has 0 amide bonds. The van der Waals surface area contributed by atoms with Crippen LogP contribution in [0.15, 0.2) is 24.3 Å². The number of aliphatic carboxylic acids is 1. The highest BCUT2D eigenvalue weighted by molar-refractivity contribution is 5.85. The lowest BCUT2D eigenvalue weighted by Crippen LogP contribution is -2.25. The Balaban J connectivity index is 2.99. The molecule has 0 aliphatic carbocycles. The maximum absolute atomic E-state index is 13.2. The van der Waals surface area contributed by atoms with Crippen molar-refractivity contribution in [3.8, 4) is 0 Å². The van der Waals surface area contributed by atoms with Crippen LogP contribution >= 0.6 is 0 Å². The third-order valence-corrected chi connectivity index (χ3v) is 2.81. The van der Waals surface area contributed by atoms with E-state index in [1.165, 1.54) is 18.2 Å². The van der Waals surface area contributed by atoms with E-state index in [1.54, 1.807) is 6.07 Å². The van der Waals surface area contributed by atoms with Crippen LogP contribution in [0.4, 0.5) is 4.39 Å². The predicted octanol–water partition coefficient (Wildman–Crippen LogP) is 2.76. The van der Waals surface area contributed by atoms with E-state index < -0.39 is 5.97 Å². The van der Waals surface area contributed by atoms with Crippen molar-refractivity contribution >= 4 is 12.0 Å². The molecule has 0 bridgehead atoms. The van der Waals surface area contributed by atoms with E-state index in [1.807, 2.05) is 7.05 Å². The molecule has 0 aliphatic heterocycles. The van der Waals surface area contributed by atoms with Gasteiger partial charge in [-0.3, -0.25) is 4.90 Å². The van der Waals surface area contributed by atoms with Crippen molar-refractivity contribution < 1.29 is 14.3 Å². The molecule has 3 nitrogen and oxygen atoms in total. The van der Waals surface area contributed by atoms with E-state index in [2.05, 4.69) is 18.7 Å². The Morgan fingerprint density at radius 3 is 2.72 bits per heavy atom. The van der Waals surface area contributed by atoms with Gasteiger partial charge in [-0.25, -0.2) is 9.18 Å². The van der Waals surface area contributed by atoms with Gasteiger partial charge in [0, 0.05) is 18.7 Å². The summed E-state index contributed by atoms with van der Waals surface area (Å²) in [5, 5.41) is 8.61. The van der Waals surface area contributed by atoms with Crippen LogP contribution in [0, 0.1) is 5.82 Å². The third kappa shape index (κ3) is 4.30. The molecule has 0 unspecified atom stereocenters. The summed E-state index contributed by atoms with van der Waals surface area (Å²) in [5.41, 5.74) is 1.51. The summed E-state index contributed by atoms with van der Waals surface area (Å²) in [5.74, 6) is -1.40. The Morgan fingerprint density at radius 1 is 1.50 bits per heavy atom. The number of hydrogen-bond donors (Lipinski definition) is 1. The van der Waals surface area contributed by atoms with E-state index >= 15 is 0 Å². The average molecular weight is 251 g/mol. The second kappa shape index (κ2) is 6.31. The van der Waals surface area contributed by atoms with Gasteiger partial charge in [0.15, 0.2) is 0 Å². The number of nitrogens with zero attached hydrogens (tertiary/aromatic N) is 1. The van der Waals surface area contributed by atoms with Crippen molar-refractivity contribution in [2.45, 2.75) is 26.4 Å². The van der Waals surface area contributed by atoms with Gasteiger partial charge in [-0.2, -0.15) is 0 Å². The Kier molecular flexibility index (Phi) is 5.04. The van der Waals surface area contributed by atoms with Crippen molar-refractivity contribution in [3.05, 3.63) is 41.2 Å². The van der Waals surface area contributed by atoms with Gasteiger partial charge in [0.1, 0.15) is 5.82 Å². The van der Waals surface area contributed by atoms with Crippen molar-refractivity contribution in [2.75, 3.05) is 7.05 Å². The number of halogens is 1. The van der Waals surface area contributed by atoms with Gasteiger partial charge in [-0.15, -0.1) is 0 Å². The second-order valence-electron chi connectivity index (χ2n) is 4.52. The highest BCUT2D eigenvalue weighted by atomic mass is 19.1. The van der Waals surface area contributed by atoms with Gasteiger partial charge in [0.25, 0.3) is 0 Å². The molecule has 0 spiro atoms. The molecule has 0 aromatic heterocycles. The van der Waals surface area contributed by atoms with Crippen LogP contribution in [0.5, 0.6) is 0 Å². The zero-order valence-electron chi connectivity index (χ0n) is 10.9. The zero-order chi connectivity index (χ0) is 13.7. The molecule has 1 aromatic rings. The Bertz CT molecular complexity index is 455. The summed E-state index contributed by atoms with van der Waals surface area (Å²) in [6.45, 7) is 4.78. The summed E-state index contributed by atoms with van der Waals surface area (Å²) in [4.78, 5) is 12.6. The van der Waals surface area contributed by atoms with Gasteiger partial charge >= 0.3 is 5.97 Å². The molecular formula is C14H18FNO2. The van der Waals surface area contributed by atoms with Gasteiger partial charge in [-0.05, 0) is 50.2 Å². The third-order valence-electron chi connectivity index (χ3n) is 2.81. The van der Waals surface area contributed by atoms with E-state index in [4.69, 9.17) is 5.11 Å². The smallest absolute Gasteiger partial charge is 0.328 e. The lowest BCUT2D eigenvalue weighted by molar-refractivity contribution is -0.131. The molecule has 1 aromatic carbocycles. The zero-order valence-corrected chi connectivity index (χ0v) is 10.9.